The Bertz CT molecular complexity index is 697. The molecule has 0 saturated heterocycles. The van der Waals surface area contributed by atoms with Crippen LogP contribution in [0, 0.1) is 29.8 Å². The van der Waals surface area contributed by atoms with Gasteiger partial charge in [0.1, 0.15) is 0 Å². The van der Waals surface area contributed by atoms with E-state index in [0.717, 1.165) is 29.1 Å². The molecule has 21 heavy (non-hydrogen) atoms. The Kier molecular flexibility index (Phi) is 3.93. The molecule has 0 bridgehead atoms. The van der Waals surface area contributed by atoms with Crippen LogP contribution in [0.5, 0.6) is 0 Å². The quantitative estimate of drug-likeness (QED) is 0.693. The predicted molar refractivity (Wildman–Crippen MR) is 77.8 cm³/mol. The highest BCUT2D eigenvalue weighted by molar-refractivity contribution is 5.51. The molecule has 6 nitrogen and oxygen atoms in total. The van der Waals surface area contributed by atoms with Crippen molar-refractivity contribution in [2.45, 2.75) is 26.8 Å². The number of hydrogen-bond acceptors (Lipinski definition) is 4. The first-order valence-electron chi connectivity index (χ1n) is 6.51. The molecule has 7 heteroatoms. The second-order valence-corrected chi connectivity index (χ2v) is 5.00. The summed E-state index contributed by atoms with van der Waals surface area (Å²) in [6.45, 7) is 5.82. The Hall–Kier alpha value is -2.44. The first-order chi connectivity index (χ1) is 9.81. The number of aromatic nitrogens is 2. The van der Waals surface area contributed by atoms with Gasteiger partial charge < -0.3 is 5.32 Å². The zero-order valence-electron chi connectivity index (χ0n) is 12.3. The van der Waals surface area contributed by atoms with Gasteiger partial charge in [0.05, 0.1) is 16.7 Å². The summed E-state index contributed by atoms with van der Waals surface area (Å²) in [6.07, 6.45) is 0. The standard InChI is InChI=1S/C14H17FN4O2/c1-8(14-9(2)17-18(4)10(14)3)16-11-5-6-13(19(20)21)12(15)7-11/h5-8,16H,1-4H3. The van der Waals surface area contributed by atoms with Crippen LogP contribution in [0.3, 0.4) is 0 Å². The van der Waals surface area contributed by atoms with E-state index in [4.69, 9.17) is 0 Å². The number of aryl methyl sites for hydroxylation is 2. The maximum Gasteiger partial charge on any atom is 0.304 e. The molecule has 0 aliphatic carbocycles. The third-order valence-electron chi connectivity index (χ3n) is 3.53. The van der Waals surface area contributed by atoms with Crippen LogP contribution in [-0.4, -0.2) is 14.7 Å². The van der Waals surface area contributed by atoms with Crippen molar-refractivity contribution in [3.05, 3.63) is 51.1 Å². The summed E-state index contributed by atoms with van der Waals surface area (Å²) in [4.78, 5) is 9.86. The average Bonchev–Trinajstić information content (AvgIpc) is 2.62. The topological polar surface area (TPSA) is 73.0 Å². The van der Waals surface area contributed by atoms with Crippen LogP contribution in [-0.2, 0) is 7.05 Å². The maximum absolute atomic E-state index is 13.6. The normalized spacial score (nSPS) is 12.2. The number of nitro groups is 1. The van der Waals surface area contributed by atoms with Crippen LogP contribution >= 0.6 is 0 Å². The lowest BCUT2D eigenvalue weighted by Crippen LogP contribution is -2.09. The molecule has 112 valence electrons. The Morgan fingerprint density at radius 3 is 2.57 bits per heavy atom. The van der Waals surface area contributed by atoms with Gasteiger partial charge in [-0.15, -0.1) is 0 Å². The average molecular weight is 292 g/mol. The molecule has 1 unspecified atom stereocenters. The molecule has 1 heterocycles. The largest absolute Gasteiger partial charge is 0.378 e. The number of nitro benzene ring substituents is 1. The molecule has 1 aromatic heterocycles. The highest BCUT2D eigenvalue weighted by atomic mass is 19.1. The molecule has 1 atom stereocenters. The van der Waals surface area contributed by atoms with E-state index >= 15 is 0 Å². The molecule has 0 amide bonds. The molecule has 0 fully saturated rings. The second kappa shape index (κ2) is 5.51. The fourth-order valence-electron chi connectivity index (χ4n) is 2.48. The number of anilines is 1. The lowest BCUT2D eigenvalue weighted by molar-refractivity contribution is -0.387. The lowest BCUT2D eigenvalue weighted by Gasteiger charge is -2.16. The molecular formula is C14H17FN4O2. The Labute approximate surface area is 121 Å². The van der Waals surface area contributed by atoms with Crippen molar-refractivity contribution in [2.75, 3.05) is 5.32 Å². The molecule has 1 aromatic carbocycles. The van der Waals surface area contributed by atoms with E-state index in [1.165, 1.54) is 6.07 Å². The van der Waals surface area contributed by atoms with Crippen LogP contribution in [0.25, 0.3) is 0 Å². The van der Waals surface area contributed by atoms with Gasteiger partial charge in [0.15, 0.2) is 0 Å². The molecule has 0 saturated carbocycles. The Morgan fingerprint density at radius 2 is 2.10 bits per heavy atom. The minimum atomic E-state index is -0.850. The van der Waals surface area contributed by atoms with Gasteiger partial charge in [0.25, 0.3) is 0 Å². The Balaban J connectivity index is 2.25. The van der Waals surface area contributed by atoms with Crippen LogP contribution in [0.4, 0.5) is 15.8 Å². The van der Waals surface area contributed by atoms with E-state index in [-0.39, 0.29) is 6.04 Å². The number of benzene rings is 1. The van der Waals surface area contributed by atoms with Crippen LogP contribution in [0.2, 0.25) is 0 Å². The minimum Gasteiger partial charge on any atom is -0.378 e. The van der Waals surface area contributed by atoms with Crippen molar-refractivity contribution in [2.24, 2.45) is 7.05 Å². The maximum atomic E-state index is 13.6. The van der Waals surface area contributed by atoms with Crippen LogP contribution < -0.4 is 5.32 Å². The van der Waals surface area contributed by atoms with Crippen molar-refractivity contribution in [1.82, 2.24) is 9.78 Å². The highest BCUT2D eigenvalue weighted by Gasteiger charge is 2.18. The van der Waals surface area contributed by atoms with E-state index in [1.54, 1.807) is 4.68 Å². The fraction of sp³-hybridized carbons (Fsp3) is 0.357. The second-order valence-electron chi connectivity index (χ2n) is 5.00. The van der Waals surface area contributed by atoms with Gasteiger partial charge in [0, 0.05) is 36.1 Å². The first-order valence-corrected chi connectivity index (χ1v) is 6.51. The molecule has 2 rings (SSSR count). The SMILES string of the molecule is Cc1nn(C)c(C)c1C(C)Nc1ccc([N+](=O)[O-])c(F)c1. The van der Waals surface area contributed by atoms with Crippen molar-refractivity contribution in [3.8, 4) is 0 Å². The molecule has 0 radical (unpaired) electrons. The first kappa shape index (κ1) is 15.0. The predicted octanol–water partition coefficient (Wildman–Crippen LogP) is 3.26. The molecule has 0 spiro atoms. The van der Waals surface area contributed by atoms with Crippen LogP contribution in [0.1, 0.15) is 29.9 Å². The third kappa shape index (κ3) is 2.86. The summed E-state index contributed by atoms with van der Waals surface area (Å²) >= 11 is 0. The number of halogens is 1. The summed E-state index contributed by atoms with van der Waals surface area (Å²) in [5, 5.41) is 18.1. The van der Waals surface area contributed by atoms with Gasteiger partial charge in [-0.3, -0.25) is 14.8 Å². The fourth-order valence-corrected chi connectivity index (χ4v) is 2.48. The van der Waals surface area contributed by atoms with Crippen molar-refractivity contribution < 1.29 is 9.31 Å². The van der Waals surface area contributed by atoms with Gasteiger partial charge in [0.2, 0.25) is 5.82 Å². The van der Waals surface area contributed by atoms with E-state index < -0.39 is 16.4 Å². The van der Waals surface area contributed by atoms with Crippen LogP contribution in [0.15, 0.2) is 18.2 Å². The smallest absolute Gasteiger partial charge is 0.304 e. The minimum absolute atomic E-state index is 0.0837. The van der Waals surface area contributed by atoms with E-state index in [2.05, 4.69) is 10.4 Å². The third-order valence-corrected chi connectivity index (χ3v) is 3.53. The number of nitrogens with one attached hydrogen (secondary N) is 1. The number of rotatable bonds is 4. The van der Waals surface area contributed by atoms with Gasteiger partial charge >= 0.3 is 5.69 Å². The number of hydrogen-bond donors (Lipinski definition) is 1. The van der Waals surface area contributed by atoms with E-state index in [1.807, 2.05) is 27.8 Å². The van der Waals surface area contributed by atoms with Crippen molar-refractivity contribution in [3.63, 3.8) is 0 Å². The monoisotopic (exact) mass is 292 g/mol. The molecule has 0 aliphatic rings. The molecule has 1 N–H and O–H groups in total. The summed E-state index contributed by atoms with van der Waals surface area (Å²) in [7, 11) is 1.87. The van der Waals surface area contributed by atoms with Gasteiger partial charge in [-0.25, -0.2) is 0 Å². The van der Waals surface area contributed by atoms with E-state index in [0.29, 0.717) is 5.69 Å². The van der Waals surface area contributed by atoms with E-state index in [9.17, 15) is 14.5 Å². The summed E-state index contributed by atoms with van der Waals surface area (Å²) in [5.41, 5.74) is 2.93. The van der Waals surface area contributed by atoms with Gasteiger partial charge in [-0.2, -0.15) is 9.49 Å². The number of nitrogens with zero attached hydrogens (tertiary/aromatic N) is 3. The zero-order chi connectivity index (χ0) is 15.7. The van der Waals surface area contributed by atoms with Crippen molar-refractivity contribution >= 4 is 11.4 Å². The molecule has 2 aromatic rings. The van der Waals surface area contributed by atoms with Gasteiger partial charge in [-0.1, -0.05) is 0 Å². The summed E-state index contributed by atoms with van der Waals surface area (Å²) in [5.74, 6) is -0.850. The zero-order valence-corrected chi connectivity index (χ0v) is 12.3. The summed E-state index contributed by atoms with van der Waals surface area (Å²) in [6, 6.07) is 3.71. The summed E-state index contributed by atoms with van der Waals surface area (Å²) < 4.78 is 15.4. The molecular weight excluding hydrogens is 275 g/mol. The lowest BCUT2D eigenvalue weighted by atomic mass is 10.1. The highest BCUT2D eigenvalue weighted by Crippen LogP contribution is 2.27. The molecule has 0 aliphatic heterocycles. The van der Waals surface area contributed by atoms with Gasteiger partial charge in [-0.05, 0) is 26.8 Å². The van der Waals surface area contributed by atoms with Crippen molar-refractivity contribution in [1.29, 1.82) is 0 Å². The Morgan fingerprint density at radius 1 is 1.43 bits per heavy atom.